The zero-order valence-electron chi connectivity index (χ0n) is 8.37. The standard InChI is InChI=1S/C9H16N3S.HI/c1-12(4-2-3-5-12)6-8-7-13-9(10)11-8;/h7H,2-6H2,1H3,(H2,10,11);1H/q+1;/p-1. The van der Waals surface area contributed by atoms with Crippen molar-refractivity contribution in [2.45, 2.75) is 19.4 Å². The van der Waals surface area contributed by atoms with Gasteiger partial charge in [-0.1, -0.05) is 0 Å². The SMILES string of the molecule is C[N+]1(Cc2csc(N)n2)CCCC1.[I-]. The number of anilines is 1. The maximum atomic E-state index is 5.60. The van der Waals surface area contributed by atoms with E-state index in [-0.39, 0.29) is 24.0 Å². The van der Waals surface area contributed by atoms with Crippen molar-refractivity contribution in [3.63, 3.8) is 0 Å². The Balaban J connectivity index is 0.000000980. The Hall–Kier alpha value is 0.120. The zero-order chi connectivity index (χ0) is 9.31. The second-order valence-electron chi connectivity index (χ2n) is 4.11. The van der Waals surface area contributed by atoms with Crippen LogP contribution in [-0.2, 0) is 6.54 Å². The van der Waals surface area contributed by atoms with Crippen LogP contribution in [0.4, 0.5) is 5.13 Å². The average molecular weight is 325 g/mol. The van der Waals surface area contributed by atoms with Crippen molar-refractivity contribution in [1.82, 2.24) is 4.98 Å². The minimum absolute atomic E-state index is 0. The quantitative estimate of drug-likeness (QED) is 0.529. The molecule has 1 fully saturated rings. The third kappa shape index (κ3) is 2.80. The number of nitrogens with two attached hydrogens (primary N) is 1. The van der Waals surface area contributed by atoms with Gasteiger partial charge >= 0.3 is 0 Å². The van der Waals surface area contributed by atoms with E-state index in [0.29, 0.717) is 5.13 Å². The maximum Gasteiger partial charge on any atom is 0.180 e. The van der Waals surface area contributed by atoms with Crippen molar-refractivity contribution in [2.24, 2.45) is 0 Å². The number of quaternary nitrogens is 1. The predicted molar refractivity (Wildman–Crippen MR) is 55.4 cm³/mol. The fraction of sp³-hybridized carbons (Fsp3) is 0.667. The van der Waals surface area contributed by atoms with Gasteiger partial charge in [-0.05, 0) is 0 Å². The van der Waals surface area contributed by atoms with Crippen molar-refractivity contribution in [1.29, 1.82) is 0 Å². The van der Waals surface area contributed by atoms with Crippen LogP contribution in [-0.4, -0.2) is 29.6 Å². The van der Waals surface area contributed by atoms with E-state index < -0.39 is 0 Å². The lowest BCUT2D eigenvalue weighted by atomic mass is 10.4. The summed E-state index contributed by atoms with van der Waals surface area (Å²) in [5.41, 5.74) is 6.76. The van der Waals surface area contributed by atoms with Crippen LogP contribution in [0.3, 0.4) is 0 Å². The molecule has 0 amide bonds. The number of likely N-dealkylation sites (tertiary alicyclic amines) is 1. The number of hydrogen-bond donors (Lipinski definition) is 1. The molecule has 0 bridgehead atoms. The van der Waals surface area contributed by atoms with Gasteiger partial charge in [0.15, 0.2) is 5.13 Å². The van der Waals surface area contributed by atoms with Crippen LogP contribution in [0.5, 0.6) is 0 Å². The van der Waals surface area contributed by atoms with Crippen LogP contribution in [0.2, 0.25) is 0 Å². The Morgan fingerprint density at radius 3 is 2.64 bits per heavy atom. The molecule has 14 heavy (non-hydrogen) atoms. The fourth-order valence-corrected chi connectivity index (χ4v) is 2.60. The molecule has 2 N–H and O–H groups in total. The minimum atomic E-state index is 0. The van der Waals surface area contributed by atoms with Gasteiger partial charge in [0.05, 0.1) is 20.1 Å². The van der Waals surface area contributed by atoms with Crippen LogP contribution in [0, 0.1) is 0 Å². The van der Waals surface area contributed by atoms with Gasteiger partial charge in [-0.3, -0.25) is 0 Å². The van der Waals surface area contributed by atoms with E-state index in [1.54, 1.807) is 11.3 Å². The molecule has 1 aliphatic rings. The van der Waals surface area contributed by atoms with Crippen molar-refractivity contribution < 1.29 is 28.5 Å². The lowest BCUT2D eigenvalue weighted by Crippen LogP contribution is -3.00. The molecule has 0 aliphatic carbocycles. The highest BCUT2D eigenvalue weighted by Gasteiger charge is 2.27. The Bertz CT molecular complexity index is 294. The largest absolute Gasteiger partial charge is 1.00 e. The van der Waals surface area contributed by atoms with Gasteiger partial charge in [0, 0.05) is 18.2 Å². The van der Waals surface area contributed by atoms with Crippen LogP contribution >= 0.6 is 11.3 Å². The Morgan fingerprint density at radius 2 is 2.14 bits per heavy atom. The molecule has 2 heterocycles. The van der Waals surface area contributed by atoms with Gasteiger partial charge in [0.2, 0.25) is 0 Å². The van der Waals surface area contributed by atoms with Crippen LogP contribution in [0.1, 0.15) is 18.5 Å². The molecule has 1 aliphatic heterocycles. The summed E-state index contributed by atoms with van der Waals surface area (Å²) < 4.78 is 1.14. The highest BCUT2D eigenvalue weighted by atomic mass is 127. The van der Waals surface area contributed by atoms with Gasteiger partial charge in [0.1, 0.15) is 12.2 Å². The molecule has 5 heteroatoms. The smallest absolute Gasteiger partial charge is 0.180 e. The monoisotopic (exact) mass is 325 g/mol. The van der Waals surface area contributed by atoms with E-state index in [1.165, 1.54) is 25.9 Å². The van der Waals surface area contributed by atoms with E-state index in [0.717, 1.165) is 16.7 Å². The molecule has 0 radical (unpaired) electrons. The van der Waals surface area contributed by atoms with Crippen LogP contribution in [0.15, 0.2) is 5.38 Å². The third-order valence-electron chi connectivity index (χ3n) is 2.76. The van der Waals surface area contributed by atoms with E-state index in [1.807, 2.05) is 0 Å². The summed E-state index contributed by atoms with van der Waals surface area (Å²) in [5, 5.41) is 2.78. The maximum absolute atomic E-state index is 5.60. The topological polar surface area (TPSA) is 38.9 Å². The second-order valence-corrected chi connectivity index (χ2v) is 5.00. The van der Waals surface area contributed by atoms with E-state index in [4.69, 9.17) is 5.73 Å². The van der Waals surface area contributed by atoms with Crippen molar-refractivity contribution in [3.8, 4) is 0 Å². The summed E-state index contributed by atoms with van der Waals surface area (Å²) in [6.45, 7) is 3.63. The number of thiazole rings is 1. The summed E-state index contributed by atoms with van der Waals surface area (Å²) >= 11 is 1.54. The summed E-state index contributed by atoms with van der Waals surface area (Å²) in [5.74, 6) is 0. The molecule has 0 atom stereocenters. The summed E-state index contributed by atoms with van der Waals surface area (Å²) in [4.78, 5) is 4.30. The highest BCUT2D eigenvalue weighted by molar-refractivity contribution is 7.13. The first-order valence-electron chi connectivity index (χ1n) is 4.71. The molecular formula is C9H16IN3S. The summed E-state index contributed by atoms with van der Waals surface area (Å²) in [7, 11) is 2.31. The molecular weight excluding hydrogens is 309 g/mol. The van der Waals surface area contributed by atoms with Crippen LogP contribution in [0.25, 0.3) is 0 Å². The Kier molecular flexibility index (Phi) is 4.15. The number of hydrogen-bond acceptors (Lipinski definition) is 3. The summed E-state index contributed by atoms with van der Waals surface area (Å²) in [6.07, 6.45) is 2.71. The summed E-state index contributed by atoms with van der Waals surface area (Å²) in [6, 6.07) is 0. The number of nitrogens with zero attached hydrogens (tertiary/aromatic N) is 2. The van der Waals surface area contributed by atoms with Gasteiger partial charge in [-0.2, -0.15) is 0 Å². The Labute approximate surface area is 106 Å². The third-order valence-corrected chi connectivity index (χ3v) is 3.48. The van der Waals surface area contributed by atoms with Crippen molar-refractivity contribution >= 4 is 16.5 Å². The molecule has 0 unspecified atom stereocenters. The van der Waals surface area contributed by atoms with Gasteiger partial charge in [0.25, 0.3) is 0 Å². The lowest BCUT2D eigenvalue weighted by molar-refractivity contribution is -0.911. The number of aromatic nitrogens is 1. The molecule has 0 aromatic carbocycles. The van der Waals surface area contributed by atoms with Gasteiger partial charge in [-0.25, -0.2) is 4.98 Å². The van der Waals surface area contributed by atoms with E-state index in [2.05, 4.69) is 17.4 Å². The van der Waals surface area contributed by atoms with Crippen LogP contribution < -0.4 is 29.7 Å². The molecule has 80 valence electrons. The van der Waals surface area contributed by atoms with Crippen molar-refractivity contribution in [3.05, 3.63) is 11.1 Å². The molecule has 1 saturated heterocycles. The number of halogens is 1. The molecule has 0 saturated carbocycles. The first kappa shape index (κ1) is 12.2. The van der Waals surface area contributed by atoms with Crippen molar-refractivity contribution in [2.75, 3.05) is 25.9 Å². The van der Waals surface area contributed by atoms with E-state index in [9.17, 15) is 0 Å². The first-order chi connectivity index (χ1) is 6.18. The van der Waals surface area contributed by atoms with E-state index >= 15 is 0 Å². The highest BCUT2D eigenvalue weighted by Crippen LogP contribution is 2.21. The molecule has 2 rings (SSSR count). The molecule has 3 nitrogen and oxygen atoms in total. The second kappa shape index (κ2) is 4.76. The fourth-order valence-electron chi connectivity index (χ4n) is 2.04. The zero-order valence-corrected chi connectivity index (χ0v) is 11.3. The molecule has 1 aromatic heterocycles. The predicted octanol–water partition coefficient (Wildman–Crippen LogP) is -1.53. The Morgan fingerprint density at radius 1 is 1.50 bits per heavy atom. The normalized spacial score (nSPS) is 19.2. The lowest BCUT2D eigenvalue weighted by Gasteiger charge is -2.27. The number of nitrogen functional groups attached to an aromatic ring is 1. The average Bonchev–Trinajstić information content (AvgIpc) is 2.62. The van der Waals surface area contributed by atoms with Gasteiger partial charge < -0.3 is 34.2 Å². The number of rotatable bonds is 2. The first-order valence-corrected chi connectivity index (χ1v) is 5.59. The molecule has 1 aromatic rings. The molecule has 0 spiro atoms. The van der Waals surface area contributed by atoms with Gasteiger partial charge in [-0.15, -0.1) is 11.3 Å². The minimum Gasteiger partial charge on any atom is -1.00 e.